The van der Waals surface area contributed by atoms with Crippen LogP contribution in [0, 0.1) is 13.8 Å². The fourth-order valence-electron chi connectivity index (χ4n) is 1.46. The summed E-state index contributed by atoms with van der Waals surface area (Å²) in [7, 11) is 1.91. The summed E-state index contributed by atoms with van der Waals surface area (Å²) < 4.78 is 1.30. The van der Waals surface area contributed by atoms with Crippen LogP contribution in [0.4, 0.5) is 5.13 Å². The van der Waals surface area contributed by atoms with Crippen molar-refractivity contribution in [3.05, 3.63) is 41.1 Å². The maximum atomic E-state index is 4.44. The average molecular weight is 264 g/mol. The Morgan fingerprint density at radius 2 is 1.94 bits per heavy atom. The first kappa shape index (κ1) is 12.5. The molecule has 1 aromatic heterocycles. The van der Waals surface area contributed by atoms with Crippen molar-refractivity contribution in [2.24, 2.45) is 0 Å². The lowest BCUT2D eigenvalue weighted by atomic mass is 10.2. The van der Waals surface area contributed by atoms with E-state index in [1.807, 2.05) is 18.8 Å². The summed E-state index contributed by atoms with van der Waals surface area (Å²) in [5.41, 5.74) is 3.79. The molecule has 1 aromatic carbocycles. The molecule has 0 atom stereocenters. The lowest BCUT2D eigenvalue weighted by Gasteiger charge is -2.00. The third-order valence-electron chi connectivity index (χ3n) is 2.46. The zero-order valence-corrected chi connectivity index (χ0v) is 11.9. The molecule has 0 bridgehead atoms. The summed E-state index contributed by atoms with van der Waals surface area (Å²) in [4.78, 5) is 4.44. The molecule has 1 N–H and O–H groups in total. The van der Waals surface area contributed by atoms with Crippen molar-refractivity contribution in [1.82, 2.24) is 4.98 Å². The molecule has 0 aliphatic rings. The average Bonchev–Trinajstić information content (AvgIpc) is 2.69. The van der Waals surface area contributed by atoms with Crippen LogP contribution in [0.25, 0.3) is 0 Å². The number of anilines is 1. The number of benzene rings is 1. The molecule has 0 saturated heterocycles. The molecule has 0 fully saturated rings. The third kappa shape index (κ3) is 3.23. The predicted octanol–water partition coefficient (Wildman–Crippen LogP) is 4.09. The van der Waals surface area contributed by atoms with Gasteiger partial charge >= 0.3 is 0 Å². The predicted molar refractivity (Wildman–Crippen MR) is 77.1 cm³/mol. The molecule has 0 amide bonds. The Balaban J connectivity index is 2.01. The number of rotatable bonds is 4. The van der Waals surface area contributed by atoms with Crippen LogP contribution in [0.3, 0.4) is 0 Å². The Labute approximate surface area is 110 Å². The van der Waals surface area contributed by atoms with Crippen LogP contribution >= 0.6 is 23.1 Å². The van der Waals surface area contributed by atoms with Crippen molar-refractivity contribution in [1.29, 1.82) is 0 Å². The molecule has 90 valence electrons. The number of hydrogen-bond acceptors (Lipinski definition) is 4. The van der Waals surface area contributed by atoms with E-state index in [2.05, 4.69) is 48.4 Å². The zero-order valence-electron chi connectivity index (χ0n) is 10.3. The van der Waals surface area contributed by atoms with Gasteiger partial charge in [0, 0.05) is 12.8 Å². The fraction of sp³-hybridized carbons (Fsp3) is 0.308. The highest BCUT2D eigenvalue weighted by Gasteiger charge is 2.07. The van der Waals surface area contributed by atoms with E-state index in [-0.39, 0.29) is 0 Å². The van der Waals surface area contributed by atoms with Gasteiger partial charge in [0.25, 0.3) is 0 Å². The molecule has 0 aliphatic carbocycles. The highest BCUT2D eigenvalue weighted by molar-refractivity contribution is 8.00. The van der Waals surface area contributed by atoms with E-state index in [1.54, 1.807) is 11.3 Å². The highest BCUT2D eigenvalue weighted by atomic mass is 32.2. The molecule has 2 aromatic rings. The maximum absolute atomic E-state index is 4.44. The van der Waals surface area contributed by atoms with Crippen molar-refractivity contribution in [2.75, 3.05) is 12.4 Å². The van der Waals surface area contributed by atoms with Gasteiger partial charge in [0.15, 0.2) is 5.13 Å². The second-order valence-corrected chi connectivity index (χ2v) is 6.16. The van der Waals surface area contributed by atoms with Crippen LogP contribution in [0.15, 0.2) is 28.5 Å². The molecule has 2 nitrogen and oxygen atoms in total. The van der Waals surface area contributed by atoms with E-state index in [9.17, 15) is 0 Å². The number of aryl methyl sites for hydroxylation is 2. The molecule has 2 rings (SSSR count). The van der Waals surface area contributed by atoms with E-state index >= 15 is 0 Å². The Morgan fingerprint density at radius 3 is 2.53 bits per heavy atom. The topological polar surface area (TPSA) is 24.9 Å². The van der Waals surface area contributed by atoms with Crippen molar-refractivity contribution in [2.45, 2.75) is 23.8 Å². The van der Waals surface area contributed by atoms with Gasteiger partial charge in [-0.2, -0.15) is 0 Å². The molecule has 0 aliphatic heterocycles. The van der Waals surface area contributed by atoms with Crippen LogP contribution in [0.5, 0.6) is 0 Å². The Hall–Kier alpha value is -1.00. The quantitative estimate of drug-likeness (QED) is 0.842. The van der Waals surface area contributed by atoms with Crippen LogP contribution in [0.2, 0.25) is 0 Å². The Bertz CT molecular complexity index is 489. The fourth-order valence-corrected chi connectivity index (χ4v) is 3.50. The van der Waals surface area contributed by atoms with Crippen molar-refractivity contribution < 1.29 is 0 Å². The van der Waals surface area contributed by atoms with Crippen molar-refractivity contribution in [3.8, 4) is 0 Å². The first-order valence-corrected chi connectivity index (χ1v) is 7.33. The van der Waals surface area contributed by atoms with Crippen molar-refractivity contribution in [3.63, 3.8) is 0 Å². The van der Waals surface area contributed by atoms with E-state index in [0.717, 1.165) is 16.6 Å². The number of aromatic nitrogens is 1. The smallest absolute Gasteiger partial charge is 0.183 e. The van der Waals surface area contributed by atoms with Crippen LogP contribution in [-0.4, -0.2) is 12.0 Å². The number of nitrogens with one attached hydrogen (secondary N) is 1. The minimum absolute atomic E-state index is 0.994. The van der Waals surface area contributed by atoms with Gasteiger partial charge in [0.05, 0.1) is 9.90 Å². The second kappa shape index (κ2) is 5.56. The summed E-state index contributed by atoms with van der Waals surface area (Å²) in [6.45, 7) is 4.18. The molecule has 0 radical (unpaired) electrons. The Kier molecular flexibility index (Phi) is 4.07. The number of nitrogens with zero attached hydrogens (tertiary/aromatic N) is 1. The van der Waals surface area contributed by atoms with Gasteiger partial charge < -0.3 is 5.32 Å². The molecular formula is C13H16N2S2. The number of hydrogen-bond donors (Lipinski definition) is 1. The molecular weight excluding hydrogens is 248 g/mol. The monoisotopic (exact) mass is 264 g/mol. The Morgan fingerprint density at radius 1 is 1.24 bits per heavy atom. The van der Waals surface area contributed by atoms with Crippen LogP contribution in [0.1, 0.15) is 16.8 Å². The minimum atomic E-state index is 0.994. The summed E-state index contributed by atoms with van der Waals surface area (Å²) in [6, 6.07) is 8.71. The largest absolute Gasteiger partial charge is 0.365 e. The van der Waals surface area contributed by atoms with Crippen LogP contribution < -0.4 is 5.32 Å². The number of thioether (sulfide) groups is 1. The summed E-state index contributed by atoms with van der Waals surface area (Å²) in [6.07, 6.45) is 0. The minimum Gasteiger partial charge on any atom is -0.365 e. The number of thiazole rings is 1. The molecule has 1 heterocycles. The van der Waals surface area contributed by atoms with Gasteiger partial charge in [-0.15, -0.1) is 11.8 Å². The van der Waals surface area contributed by atoms with Gasteiger partial charge in [0.1, 0.15) is 0 Å². The summed E-state index contributed by atoms with van der Waals surface area (Å²) in [5, 5.41) is 4.08. The highest BCUT2D eigenvalue weighted by Crippen LogP contribution is 2.33. The van der Waals surface area contributed by atoms with Crippen molar-refractivity contribution >= 4 is 28.2 Å². The second-order valence-electron chi connectivity index (χ2n) is 3.92. The molecule has 0 saturated carbocycles. The SMILES string of the molecule is CNc1nc(C)c(SCc2ccc(C)cc2)s1. The molecule has 0 unspecified atom stereocenters. The zero-order chi connectivity index (χ0) is 12.3. The van der Waals surface area contributed by atoms with E-state index < -0.39 is 0 Å². The first-order valence-electron chi connectivity index (χ1n) is 5.52. The van der Waals surface area contributed by atoms with Gasteiger partial charge in [-0.05, 0) is 19.4 Å². The standard InChI is InChI=1S/C13H16N2S2/c1-9-4-6-11(7-5-9)8-16-12-10(2)15-13(14-3)17-12/h4-7H,8H2,1-3H3,(H,14,15). The lowest BCUT2D eigenvalue weighted by Crippen LogP contribution is -1.84. The van der Waals surface area contributed by atoms with E-state index in [4.69, 9.17) is 0 Å². The van der Waals surface area contributed by atoms with Gasteiger partial charge in [-0.1, -0.05) is 41.2 Å². The normalized spacial score (nSPS) is 10.5. The van der Waals surface area contributed by atoms with Gasteiger partial charge in [-0.3, -0.25) is 0 Å². The van der Waals surface area contributed by atoms with E-state index in [0.29, 0.717) is 0 Å². The maximum Gasteiger partial charge on any atom is 0.183 e. The summed E-state index contributed by atoms with van der Waals surface area (Å²) in [5.74, 6) is 1.01. The first-order chi connectivity index (χ1) is 8.19. The molecule has 0 spiro atoms. The van der Waals surface area contributed by atoms with Gasteiger partial charge in [0.2, 0.25) is 0 Å². The lowest BCUT2D eigenvalue weighted by molar-refractivity contribution is 1.20. The molecule has 4 heteroatoms. The summed E-state index contributed by atoms with van der Waals surface area (Å²) >= 11 is 3.58. The van der Waals surface area contributed by atoms with Gasteiger partial charge in [-0.25, -0.2) is 4.98 Å². The molecule has 17 heavy (non-hydrogen) atoms. The third-order valence-corrected chi connectivity index (χ3v) is 5.07. The van der Waals surface area contributed by atoms with E-state index in [1.165, 1.54) is 15.3 Å². The van der Waals surface area contributed by atoms with Crippen LogP contribution in [-0.2, 0) is 5.75 Å².